The lowest BCUT2D eigenvalue weighted by atomic mass is 10.1. The van der Waals surface area contributed by atoms with Gasteiger partial charge in [-0.1, -0.05) is 30.3 Å². The van der Waals surface area contributed by atoms with Crippen molar-refractivity contribution in [3.8, 4) is 0 Å². The molecule has 0 aliphatic carbocycles. The number of hydrogen-bond acceptors (Lipinski definition) is 3. The summed E-state index contributed by atoms with van der Waals surface area (Å²) in [5, 5.41) is 13.1. The Hall–Kier alpha value is -2.09. The Kier molecular flexibility index (Phi) is 5.51. The molecule has 0 bridgehead atoms. The van der Waals surface area contributed by atoms with Crippen LogP contribution in [0.3, 0.4) is 0 Å². The molecule has 1 aromatic rings. The van der Waals surface area contributed by atoms with E-state index < -0.39 is 12.1 Å². The summed E-state index contributed by atoms with van der Waals surface area (Å²) in [5.41, 5.74) is 1.24. The first kappa shape index (κ1) is 16.0. The zero-order chi connectivity index (χ0) is 15.2. The molecule has 1 unspecified atom stereocenters. The number of carbonyl (C=O) groups is 2. The van der Waals surface area contributed by atoms with E-state index in [2.05, 4.69) is 22.8 Å². The Morgan fingerprint density at radius 2 is 1.85 bits per heavy atom. The van der Waals surface area contributed by atoms with Gasteiger partial charge in [-0.15, -0.1) is 0 Å². The smallest absolute Gasteiger partial charge is 0.475 e. The minimum absolute atomic E-state index is 0.0842. The van der Waals surface area contributed by atoms with Crippen LogP contribution in [0.1, 0.15) is 5.56 Å². The third-order valence-electron chi connectivity index (χ3n) is 2.37. The molecule has 0 radical (unpaired) electrons. The highest BCUT2D eigenvalue weighted by atomic mass is 19.4. The van der Waals surface area contributed by atoms with Crippen molar-refractivity contribution < 1.29 is 27.9 Å². The molecule has 1 heterocycles. The largest absolute Gasteiger partial charge is 0.490 e. The van der Waals surface area contributed by atoms with Crippen molar-refractivity contribution in [2.24, 2.45) is 0 Å². The van der Waals surface area contributed by atoms with Gasteiger partial charge in [0.2, 0.25) is 5.91 Å². The number of carboxylic acid groups (broad SMARTS) is 1. The lowest BCUT2D eigenvalue weighted by molar-refractivity contribution is -0.192. The Labute approximate surface area is 112 Å². The number of carbonyl (C=O) groups excluding carboxylic acids is 1. The van der Waals surface area contributed by atoms with Crippen molar-refractivity contribution in [1.29, 1.82) is 0 Å². The molecule has 1 atom stereocenters. The predicted molar refractivity (Wildman–Crippen MR) is 63.8 cm³/mol. The number of alkyl halides is 3. The number of benzene rings is 1. The molecule has 110 valence electrons. The van der Waals surface area contributed by atoms with E-state index in [1.807, 2.05) is 18.2 Å². The first-order valence-corrected chi connectivity index (χ1v) is 5.66. The normalized spacial score (nSPS) is 17.9. The summed E-state index contributed by atoms with van der Waals surface area (Å²) in [5.74, 6) is -2.67. The molecule has 0 spiro atoms. The van der Waals surface area contributed by atoms with Gasteiger partial charge in [-0.05, 0) is 5.56 Å². The molecular weight excluding hydrogens is 277 g/mol. The summed E-state index contributed by atoms with van der Waals surface area (Å²) in [4.78, 5) is 19.8. The van der Waals surface area contributed by atoms with Crippen molar-refractivity contribution in [3.63, 3.8) is 0 Å². The molecule has 1 aliphatic rings. The van der Waals surface area contributed by atoms with E-state index in [0.29, 0.717) is 6.54 Å². The fraction of sp³-hybridized carbons (Fsp3) is 0.333. The molecule has 1 amide bonds. The molecule has 1 aliphatic heterocycles. The number of carboxylic acids is 1. The van der Waals surface area contributed by atoms with Crippen LogP contribution in [0.5, 0.6) is 0 Å². The van der Waals surface area contributed by atoms with Crippen molar-refractivity contribution in [3.05, 3.63) is 35.9 Å². The van der Waals surface area contributed by atoms with Crippen molar-refractivity contribution >= 4 is 11.9 Å². The number of nitrogens with one attached hydrogen (secondary N) is 2. The summed E-state index contributed by atoms with van der Waals surface area (Å²) >= 11 is 0. The van der Waals surface area contributed by atoms with Gasteiger partial charge in [0, 0.05) is 6.42 Å². The van der Waals surface area contributed by atoms with Gasteiger partial charge in [0.25, 0.3) is 0 Å². The molecule has 2 rings (SSSR count). The molecule has 1 fully saturated rings. The minimum Gasteiger partial charge on any atom is -0.475 e. The van der Waals surface area contributed by atoms with Crippen LogP contribution in [-0.4, -0.2) is 35.9 Å². The molecular formula is C12H13F3N2O3. The average Bonchev–Trinajstić information content (AvgIpc) is 2.75. The second kappa shape index (κ2) is 6.90. The van der Waals surface area contributed by atoms with Gasteiger partial charge in [-0.3, -0.25) is 10.1 Å². The van der Waals surface area contributed by atoms with Gasteiger partial charge in [0.1, 0.15) is 0 Å². The maximum absolute atomic E-state index is 10.9. The quantitative estimate of drug-likeness (QED) is 0.756. The van der Waals surface area contributed by atoms with Crippen molar-refractivity contribution in [2.45, 2.75) is 18.8 Å². The average molecular weight is 290 g/mol. The van der Waals surface area contributed by atoms with Crippen LogP contribution in [0.15, 0.2) is 30.3 Å². The molecule has 0 aromatic heterocycles. The van der Waals surface area contributed by atoms with Crippen molar-refractivity contribution in [1.82, 2.24) is 10.6 Å². The molecule has 1 aromatic carbocycles. The molecule has 0 saturated carbocycles. The Morgan fingerprint density at radius 1 is 1.30 bits per heavy atom. The van der Waals surface area contributed by atoms with Crippen LogP contribution >= 0.6 is 0 Å². The number of halogens is 3. The van der Waals surface area contributed by atoms with Gasteiger partial charge in [0.15, 0.2) is 0 Å². The molecule has 5 nitrogen and oxygen atoms in total. The molecule has 20 heavy (non-hydrogen) atoms. The summed E-state index contributed by atoms with van der Waals surface area (Å²) in [6, 6.07) is 10.1. The summed E-state index contributed by atoms with van der Waals surface area (Å²) in [7, 11) is 0. The summed E-state index contributed by atoms with van der Waals surface area (Å²) < 4.78 is 31.7. The van der Waals surface area contributed by atoms with Gasteiger partial charge >= 0.3 is 12.1 Å². The van der Waals surface area contributed by atoms with Crippen molar-refractivity contribution in [2.75, 3.05) is 6.54 Å². The van der Waals surface area contributed by atoms with Crippen LogP contribution in [0.25, 0.3) is 0 Å². The maximum atomic E-state index is 10.9. The van der Waals surface area contributed by atoms with E-state index >= 15 is 0 Å². The Balaban J connectivity index is 0.000000246. The highest BCUT2D eigenvalue weighted by molar-refractivity contribution is 5.80. The number of rotatable bonds is 2. The van der Waals surface area contributed by atoms with Gasteiger partial charge in [-0.2, -0.15) is 13.2 Å². The lowest BCUT2D eigenvalue weighted by Crippen LogP contribution is -2.34. The summed E-state index contributed by atoms with van der Waals surface area (Å²) in [6.07, 6.45) is -4.12. The zero-order valence-electron chi connectivity index (χ0n) is 10.3. The number of hydrogen-bond donors (Lipinski definition) is 3. The Bertz CT molecular complexity index is 463. The third-order valence-corrected chi connectivity index (χ3v) is 2.37. The third kappa shape index (κ3) is 5.70. The minimum atomic E-state index is -5.08. The molecule has 1 saturated heterocycles. The molecule has 8 heteroatoms. The monoisotopic (exact) mass is 290 g/mol. The van der Waals surface area contributed by atoms with Crippen LogP contribution in [0.4, 0.5) is 13.2 Å². The lowest BCUT2D eigenvalue weighted by Gasteiger charge is -2.09. The van der Waals surface area contributed by atoms with Gasteiger partial charge < -0.3 is 10.4 Å². The second-order valence-corrected chi connectivity index (χ2v) is 3.99. The number of amides is 1. The van der Waals surface area contributed by atoms with E-state index in [0.717, 1.165) is 6.42 Å². The van der Waals surface area contributed by atoms with Gasteiger partial charge in [-0.25, -0.2) is 4.79 Å². The number of aliphatic carboxylic acids is 1. The Morgan fingerprint density at radius 3 is 2.25 bits per heavy atom. The van der Waals surface area contributed by atoms with Crippen LogP contribution in [0.2, 0.25) is 0 Å². The van der Waals surface area contributed by atoms with E-state index in [9.17, 15) is 18.0 Å². The highest BCUT2D eigenvalue weighted by Gasteiger charge is 2.38. The van der Waals surface area contributed by atoms with Crippen LogP contribution in [0, 0.1) is 0 Å². The SMILES string of the molecule is O=C(O)C(F)(F)F.O=C1CNC(Cc2ccccc2)N1. The fourth-order valence-electron chi connectivity index (χ4n) is 1.49. The summed E-state index contributed by atoms with van der Waals surface area (Å²) in [6.45, 7) is 0.442. The van der Waals surface area contributed by atoms with E-state index in [4.69, 9.17) is 9.90 Å². The standard InChI is InChI=1S/C10H12N2O.C2HF3O2/c13-10-7-11-9(12-10)6-8-4-2-1-3-5-8;3-2(4,5)1(6)7/h1-5,9,11H,6-7H2,(H,12,13);(H,6,7). The zero-order valence-corrected chi connectivity index (χ0v) is 10.3. The van der Waals surface area contributed by atoms with E-state index in [-0.39, 0.29) is 12.1 Å². The highest BCUT2D eigenvalue weighted by Crippen LogP contribution is 2.13. The fourth-order valence-corrected chi connectivity index (χ4v) is 1.49. The van der Waals surface area contributed by atoms with Gasteiger partial charge in [0.05, 0.1) is 12.7 Å². The topological polar surface area (TPSA) is 78.4 Å². The predicted octanol–water partition coefficient (Wildman–Crippen LogP) is 0.908. The van der Waals surface area contributed by atoms with E-state index in [1.165, 1.54) is 5.56 Å². The first-order valence-electron chi connectivity index (χ1n) is 5.66. The maximum Gasteiger partial charge on any atom is 0.490 e. The molecule has 3 N–H and O–H groups in total. The first-order chi connectivity index (χ1) is 9.29. The van der Waals surface area contributed by atoms with E-state index in [1.54, 1.807) is 0 Å². The second-order valence-electron chi connectivity index (χ2n) is 3.99. The van der Waals surface area contributed by atoms with Crippen LogP contribution in [-0.2, 0) is 16.0 Å². The van der Waals surface area contributed by atoms with Crippen LogP contribution < -0.4 is 10.6 Å².